The number of carbonyl (C=O) groups excluding carboxylic acids is 2. The number of benzene rings is 3. The Labute approximate surface area is 243 Å². The average molecular weight is 593 g/mol. The Morgan fingerprint density at radius 3 is 2.27 bits per heavy atom. The molecule has 0 spiro atoms. The van der Waals surface area contributed by atoms with E-state index >= 15 is 0 Å². The summed E-state index contributed by atoms with van der Waals surface area (Å²) in [4.78, 5) is 24.6. The third-order valence-corrected chi connectivity index (χ3v) is 8.21. The Bertz CT molecular complexity index is 1680. The second kappa shape index (κ2) is 12.9. The maximum atomic E-state index is 13.6. The summed E-state index contributed by atoms with van der Waals surface area (Å²) in [5, 5.41) is 6.90. The van der Waals surface area contributed by atoms with Crippen molar-refractivity contribution >= 4 is 45.3 Å². The number of anilines is 1. The minimum Gasteiger partial charge on any atom is -0.459 e. The first kappa shape index (κ1) is 29.7. The predicted molar refractivity (Wildman–Crippen MR) is 158 cm³/mol. The van der Waals surface area contributed by atoms with E-state index in [1.165, 1.54) is 10.5 Å². The molecule has 0 atom stereocenters. The highest BCUT2D eigenvalue weighted by atomic mass is 35.5. The molecule has 2 N–H and O–H groups in total. The van der Waals surface area contributed by atoms with Crippen molar-refractivity contribution in [2.75, 3.05) is 5.32 Å². The molecule has 1 aromatic heterocycles. The Balaban J connectivity index is 1.44. The van der Waals surface area contributed by atoms with Crippen LogP contribution in [0.5, 0.6) is 0 Å². The van der Waals surface area contributed by atoms with Crippen LogP contribution in [0, 0.1) is 20.8 Å². The molecule has 9 nitrogen and oxygen atoms in total. The highest BCUT2D eigenvalue weighted by Crippen LogP contribution is 2.23. The van der Waals surface area contributed by atoms with Gasteiger partial charge in [0.05, 0.1) is 17.7 Å². The number of nitrogens with zero attached hydrogens (tertiary/aromatic N) is 2. The smallest absolute Gasteiger partial charge is 0.329 e. The Morgan fingerprint density at radius 1 is 0.878 bits per heavy atom. The zero-order valence-electron chi connectivity index (χ0n) is 22.7. The van der Waals surface area contributed by atoms with Gasteiger partial charge in [0.2, 0.25) is 10.0 Å². The number of rotatable bonds is 9. The van der Waals surface area contributed by atoms with E-state index in [0.717, 1.165) is 22.3 Å². The van der Waals surface area contributed by atoms with Gasteiger partial charge in [0.15, 0.2) is 0 Å². The molecular formula is C30H29ClN4O5S. The van der Waals surface area contributed by atoms with Gasteiger partial charge in [-0.25, -0.2) is 13.8 Å². The van der Waals surface area contributed by atoms with Crippen molar-refractivity contribution in [2.45, 2.75) is 38.8 Å². The van der Waals surface area contributed by atoms with Crippen molar-refractivity contribution in [3.8, 4) is 0 Å². The first-order valence-electron chi connectivity index (χ1n) is 12.6. The molecule has 4 rings (SSSR count). The van der Waals surface area contributed by atoms with E-state index in [-0.39, 0.29) is 23.7 Å². The van der Waals surface area contributed by atoms with E-state index in [1.807, 2.05) is 32.9 Å². The third kappa shape index (κ3) is 7.91. The summed E-state index contributed by atoms with van der Waals surface area (Å²) in [5.74, 6) is -1.20. The molecule has 4 aromatic rings. The van der Waals surface area contributed by atoms with Gasteiger partial charge in [0.25, 0.3) is 0 Å². The molecular weight excluding hydrogens is 564 g/mol. The lowest BCUT2D eigenvalue weighted by Gasteiger charge is -2.21. The van der Waals surface area contributed by atoms with Crippen molar-refractivity contribution in [3.05, 3.63) is 118 Å². The lowest BCUT2D eigenvalue weighted by molar-refractivity contribution is -0.136. The van der Waals surface area contributed by atoms with Crippen molar-refractivity contribution in [2.24, 2.45) is 5.10 Å². The zero-order chi connectivity index (χ0) is 29.6. The Hall–Kier alpha value is -4.25. The van der Waals surface area contributed by atoms with Crippen LogP contribution in [0.25, 0.3) is 0 Å². The number of halogens is 1. The molecule has 1 heterocycles. The lowest BCUT2D eigenvalue weighted by atomic mass is 10.1. The van der Waals surface area contributed by atoms with Gasteiger partial charge in [-0.3, -0.25) is 9.59 Å². The standard InChI is InChI=1S/C30H29ClN4O5S/c1-20-5-14-27(15-6-20)41(38,39)35(18-23-8-10-24(31)11-9-23)19-26-13-12-25(40-26)17-32-34-30(37)29(36)33-28-16-21(2)4-7-22(28)3/h4-17H,18-19H2,1-3H3,(H,33,36)(H,34,37)/b32-17+. The fourth-order valence-corrected chi connectivity index (χ4v) is 5.38. The summed E-state index contributed by atoms with van der Waals surface area (Å²) < 4.78 is 34.2. The summed E-state index contributed by atoms with van der Waals surface area (Å²) in [5.41, 5.74) is 6.15. The molecule has 2 amide bonds. The van der Waals surface area contributed by atoms with Crippen LogP contribution in [0.15, 0.2) is 93.3 Å². The van der Waals surface area contributed by atoms with E-state index in [2.05, 4.69) is 15.8 Å². The van der Waals surface area contributed by atoms with E-state index in [1.54, 1.807) is 66.7 Å². The summed E-state index contributed by atoms with van der Waals surface area (Å²) >= 11 is 6.00. The SMILES string of the molecule is Cc1ccc(S(=O)(=O)N(Cc2ccc(Cl)cc2)Cc2ccc(/C=N/NC(=O)C(=O)Nc3cc(C)ccc3C)o2)cc1. The lowest BCUT2D eigenvalue weighted by Crippen LogP contribution is -2.32. The van der Waals surface area contributed by atoms with Crippen LogP contribution in [0.1, 0.15) is 33.8 Å². The molecule has 0 aliphatic rings. The molecule has 0 saturated heterocycles. The van der Waals surface area contributed by atoms with Crippen LogP contribution in [-0.4, -0.2) is 30.8 Å². The van der Waals surface area contributed by atoms with Crippen LogP contribution >= 0.6 is 11.6 Å². The fourth-order valence-electron chi connectivity index (χ4n) is 3.86. The molecule has 212 valence electrons. The first-order chi connectivity index (χ1) is 19.5. The largest absolute Gasteiger partial charge is 0.459 e. The maximum absolute atomic E-state index is 13.6. The molecule has 0 aliphatic heterocycles. The quantitative estimate of drug-likeness (QED) is 0.154. The molecule has 0 bridgehead atoms. The van der Waals surface area contributed by atoms with Crippen molar-refractivity contribution < 1.29 is 22.4 Å². The first-order valence-corrected chi connectivity index (χ1v) is 14.4. The highest BCUT2D eigenvalue weighted by molar-refractivity contribution is 7.89. The average Bonchev–Trinajstić information content (AvgIpc) is 3.38. The second-order valence-electron chi connectivity index (χ2n) is 9.49. The van der Waals surface area contributed by atoms with Crippen LogP contribution in [0.2, 0.25) is 5.02 Å². The molecule has 0 aliphatic carbocycles. The zero-order valence-corrected chi connectivity index (χ0v) is 24.3. The van der Waals surface area contributed by atoms with Crippen LogP contribution in [0.3, 0.4) is 0 Å². The van der Waals surface area contributed by atoms with E-state index in [9.17, 15) is 18.0 Å². The normalized spacial score (nSPS) is 11.6. The Kier molecular flexibility index (Phi) is 9.38. The third-order valence-electron chi connectivity index (χ3n) is 6.15. The van der Waals surface area contributed by atoms with Gasteiger partial charge >= 0.3 is 11.8 Å². The van der Waals surface area contributed by atoms with Crippen LogP contribution in [-0.2, 0) is 32.7 Å². The number of amides is 2. The van der Waals surface area contributed by atoms with E-state index in [0.29, 0.717) is 16.5 Å². The van der Waals surface area contributed by atoms with Crippen LogP contribution < -0.4 is 10.7 Å². The number of carbonyl (C=O) groups is 2. The molecule has 0 saturated carbocycles. The van der Waals surface area contributed by atoms with E-state index < -0.39 is 21.8 Å². The molecule has 0 fully saturated rings. The number of furan rings is 1. The minimum absolute atomic E-state index is 0.0582. The number of aryl methyl sites for hydroxylation is 3. The summed E-state index contributed by atoms with van der Waals surface area (Å²) in [6, 6.07) is 22.3. The van der Waals surface area contributed by atoms with Gasteiger partial charge in [0, 0.05) is 17.3 Å². The van der Waals surface area contributed by atoms with Crippen LogP contribution in [0.4, 0.5) is 5.69 Å². The monoisotopic (exact) mass is 592 g/mol. The van der Waals surface area contributed by atoms with Gasteiger partial charge in [-0.1, -0.05) is 53.6 Å². The van der Waals surface area contributed by atoms with Gasteiger partial charge in [-0.2, -0.15) is 9.41 Å². The fraction of sp³-hybridized carbons (Fsp3) is 0.167. The van der Waals surface area contributed by atoms with Crippen molar-refractivity contribution in [1.82, 2.24) is 9.73 Å². The molecule has 11 heteroatoms. The number of hydrogen-bond donors (Lipinski definition) is 2. The predicted octanol–water partition coefficient (Wildman–Crippen LogP) is 5.34. The van der Waals surface area contributed by atoms with Gasteiger partial charge in [-0.15, -0.1) is 0 Å². The molecule has 0 radical (unpaired) electrons. The highest BCUT2D eigenvalue weighted by Gasteiger charge is 2.26. The van der Waals surface area contributed by atoms with E-state index in [4.69, 9.17) is 16.0 Å². The summed E-state index contributed by atoms with van der Waals surface area (Å²) in [6.45, 7) is 5.61. The van der Waals surface area contributed by atoms with Gasteiger partial charge in [-0.05, 0) is 79.9 Å². The van der Waals surface area contributed by atoms with Crippen molar-refractivity contribution in [1.29, 1.82) is 0 Å². The summed E-state index contributed by atoms with van der Waals surface area (Å²) in [7, 11) is -3.88. The Morgan fingerprint density at radius 2 is 1.56 bits per heavy atom. The number of hydrogen-bond acceptors (Lipinski definition) is 6. The number of nitrogens with one attached hydrogen (secondary N) is 2. The molecule has 3 aromatic carbocycles. The number of hydrazone groups is 1. The topological polar surface area (TPSA) is 121 Å². The van der Waals surface area contributed by atoms with Gasteiger partial charge in [0.1, 0.15) is 11.5 Å². The number of sulfonamides is 1. The van der Waals surface area contributed by atoms with Crippen molar-refractivity contribution in [3.63, 3.8) is 0 Å². The summed E-state index contributed by atoms with van der Waals surface area (Å²) in [6.07, 6.45) is 1.23. The minimum atomic E-state index is -3.88. The van der Waals surface area contributed by atoms with Gasteiger partial charge < -0.3 is 9.73 Å². The molecule has 41 heavy (non-hydrogen) atoms. The second-order valence-corrected chi connectivity index (χ2v) is 11.9. The maximum Gasteiger partial charge on any atom is 0.329 e. The molecule has 0 unspecified atom stereocenters.